The average Bonchev–Trinajstić information content (AvgIpc) is 2.96. The van der Waals surface area contributed by atoms with Crippen molar-refractivity contribution >= 4 is 29.0 Å². The molecule has 0 bridgehead atoms. The monoisotopic (exact) mass is 332 g/mol. The van der Waals surface area contributed by atoms with Gasteiger partial charge in [0.25, 0.3) is 0 Å². The van der Waals surface area contributed by atoms with Gasteiger partial charge in [0.15, 0.2) is 5.78 Å². The van der Waals surface area contributed by atoms with Gasteiger partial charge in [-0.25, -0.2) is 0 Å². The first-order chi connectivity index (χ1) is 10.6. The molecule has 5 nitrogen and oxygen atoms in total. The fraction of sp³-hybridized carbons (Fsp3) is 0.0667. The summed E-state index contributed by atoms with van der Waals surface area (Å²) in [5.41, 5.74) is 1.22. The number of hydrogen-bond acceptors (Lipinski definition) is 4. The molecule has 7 heteroatoms. The maximum atomic E-state index is 12.1. The van der Waals surface area contributed by atoms with Crippen LogP contribution < -0.4 is 0 Å². The van der Waals surface area contributed by atoms with Crippen LogP contribution in [0.1, 0.15) is 10.4 Å². The lowest BCUT2D eigenvalue weighted by Gasteiger charge is -2.00. The Labute approximate surface area is 136 Å². The number of tetrazole rings is 1. The molecule has 1 aromatic heterocycles. The van der Waals surface area contributed by atoms with Gasteiger partial charge in [-0.2, -0.15) is 4.80 Å². The molecule has 22 heavy (non-hydrogen) atoms. The van der Waals surface area contributed by atoms with Gasteiger partial charge in [0.2, 0.25) is 5.82 Å². The minimum absolute atomic E-state index is 0.000908. The molecule has 3 rings (SSSR count). The molecule has 0 N–H and O–H groups in total. The molecule has 0 spiro atoms. The Morgan fingerprint density at radius 2 is 1.77 bits per heavy atom. The third kappa shape index (κ3) is 3.16. The van der Waals surface area contributed by atoms with Crippen molar-refractivity contribution in [3.8, 4) is 11.4 Å². The van der Waals surface area contributed by atoms with Crippen LogP contribution in [-0.2, 0) is 6.54 Å². The van der Waals surface area contributed by atoms with E-state index in [1.165, 1.54) is 4.80 Å². The summed E-state index contributed by atoms with van der Waals surface area (Å²) < 4.78 is 0. The Kier molecular flexibility index (Phi) is 4.18. The molecule has 0 atom stereocenters. The van der Waals surface area contributed by atoms with Crippen LogP contribution in [0.25, 0.3) is 11.4 Å². The largest absolute Gasteiger partial charge is 0.292 e. The van der Waals surface area contributed by atoms with Crippen LogP contribution in [0.4, 0.5) is 0 Å². The van der Waals surface area contributed by atoms with Crippen LogP contribution in [0.5, 0.6) is 0 Å². The Morgan fingerprint density at radius 3 is 2.50 bits per heavy atom. The van der Waals surface area contributed by atoms with Gasteiger partial charge in [-0.05, 0) is 41.6 Å². The quantitative estimate of drug-likeness (QED) is 0.685. The van der Waals surface area contributed by atoms with Crippen LogP contribution in [-0.4, -0.2) is 26.0 Å². The molecular formula is C15H10Cl2N4O. The molecule has 0 amide bonds. The molecule has 3 aromatic rings. The number of rotatable bonds is 4. The molecule has 0 saturated carbocycles. The number of carbonyl (C=O) groups is 1. The second-order valence-electron chi connectivity index (χ2n) is 4.55. The van der Waals surface area contributed by atoms with Gasteiger partial charge >= 0.3 is 0 Å². The molecule has 1 heterocycles. The Bertz CT molecular complexity index is 814. The molecule has 2 aromatic carbocycles. The number of aromatic nitrogens is 4. The van der Waals surface area contributed by atoms with Crippen LogP contribution in [0.3, 0.4) is 0 Å². The third-order valence-electron chi connectivity index (χ3n) is 3.02. The fourth-order valence-electron chi connectivity index (χ4n) is 1.92. The van der Waals surface area contributed by atoms with E-state index in [1.807, 2.05) is 12.1 Å². The number of Topliss-reactive ketones (excluding diaryl/α,β-unsaturated/α-hetero) is 1. The summed E-state index contributed by atoms with van der Waals surface area (Å²) in [5.74, 6) is 0.259. The zero-order valence-electron chi connectivity index (χ0n) is 11.3. The van der Waals surface area contributed by atoms with Crippen molar-refractivity contribution in [3.05, 3.63) is 64.1 Å². The van der Waals surface area contributed by atoms with E-state index in [-0.39, 0.29) is 12.3 Å². The Hall–Kier alpha value is -2.24. The van der Waals surface area contributed by atoms with Gasteiger partial charge in [-0.3, -0.25) is 4.79 Å². The number of benzene rings is 2. The molecule has 0 fully saturated rings. The van der Waals surface area contributed by atoms with E-state index in [0.29, 0.717) is 27.0 Å². The van der Waals surface area contributed by atoms with Crippen LogP contribution in [0, 0.1) is 0 Å². The lowest BCUT2D eigenvalue weighted by atomic mass is 10.1. The summed E-state index contributed by atoms with van der Waals surface area (Å²) in [4.78, 5) is 13.4. The molecule has 110 valence electrons. The van der Waals surface area contributed by atoms with Crippen molar-refractivity contribution in [2.75, 3.05) is 0 Å². The molecule has 0 unspecified atom stereocenters. The summed E-state index contributed by atoms with van der Waals surface area (Å²) in [7, 11) is 0. The van der Waals surface area contributed by atoms with Gasteiger partial charge in [0.1, 0.15) is 6.54 Å². The van der Waals surface area contributed by atoms with Crippen LogP contribution in [0.2, 0.25) is 10.0 Å². The van der Waals surface area contributed by atoms with E-state index in [9.17, 15) is 4.79 Å². The van der Waals surface area contributed by atoms with Crippen molar-refractivity contribution < 1.29 is 4.79 Å². The number of carbonyl (C=O) groups excluding carboxylic acids is 1. The number of halogens is 2. The fourth-order valence-corrected chi connectivity index (χ4v) is 2.26. The average molecular weight is 333 g/mol. The third-order valence-corrected chi connectivity index (χ3v) is 3.60. The van der Waals surface area contributed by atoms with Gasteiger partial charge in [-0.15, -0.1) is 10.2 Å². The highest BCUT2D eigenvalue weighted by molar-refractivity contribution is 6.33. The highest BCUT2D eigenvalue weighted by Crippen LogP contribution is 2.23. The topological polar surface area (TPSA) is 60.7 Å². The molecular weight excluding hydrogens is 323 g/mol. The number of ketones is 1. The first-order valence-electron chi connectivity index (χ1n) is 6.45. The van der Waals surface area contributed by atoms with E-state index in [0.717, 1.165) is 0 Å². The number of nitrogens with zero attached hydrogens (tertiary/aromatic N) is 4. The zero-order valence-corrected chi connectivity index (χ0v) is 12.8. The van der Waals surface area contributed by atoms with Gasteiger partial charge < -0.3 is 0 Å². The highest BCUT2D eigenvalue weighted by atomic mass is 35.5. The maximum Gasteiger partial charge on any atom is 0.206 e. The van der Waals surface area contributed by atoms with Crippen molar-refractivity contribution in [1.82, 2.24) is 20.2 Å². The summed E-state index contributed by atoms with van der Waals surface area (Å²) in [6.07, 6.45) is 0. The molecule has 0 aliphatic heterocycles. The predicted octanol–water partition coefficient (Wildman–Crippen LogP) is 3.53. The van der Waals surface area contributed by atoms with Crippen molar-refractivity contribution in [2.24, 2.45) is 0 Å². The summed E-state index contributed by atoms with van der Waals surface area (Å²) in [6.45, 7) is -0.000908. The van der Waals surface area contributed by atoms with E-state index in [4.69, 9.17) is 23.2 Å². The Balaban J connectivity index is 1.78. The normalized spacial score (nSPS) is 10.6. The molecule has 0 aliphatic carbocycles. The van der Waals surface area contributed by atoms with Crippen molar-refractivity contribution in [3.63, 3.8) is 0 Å². The lowest BCUT2D eigenvalue weighted by Crippen LogP contribution is -2.13. The van der Waals surface area contributed by atoms with Gasteiger partial charge in [0, 0.05) is 16.1 Å². The zero-order chi connectivity index (χ0) is 15.5. The SMILES string of the molecule is O=C(Cn1nnc(-c2ccccc2Cl)n1)c1ccc(Cl)cc1. The minimum atomic E-state index is -0.125. The summed E-state index contributed by atoms with van der Waals surface area (Å²) in [5, 5.41) is 13.1. The second kappa shape index (κ2) is 6.25. The molecule has 0 saturated heterocycles. The maximum absolute atomic E-state index is 12.1. The van der Waals surface area contributed by atoms with Crippen LogP contribution in [0.15, 0.2) is 48.5 Å². The predicted molar refractivity (Wildman–Crippen MR) is 84.0 cm³/mol. The first kappa shape index (κ1) is 14.7. The highest BCUT2D eigenvalue weighted by Gasteiger charge is 2.12. The summed E-state index contributed by atoms with van der Waals surface area (Å²) >= 11 is 11.9. The van der Waals surface area contributed by atoms with Crippen LogP contribution >= 0.6 is 23.2 Å². The summed E-state index contributed by atoms with van der Waals surface area (Å²) in [6, 6.07) is 13.9. The second-order valence-corrected chi connectivity index (χ2v) is 5.40. The van der Waals surface area contributed by atoms with E-state index < -0.39 is 0 Å². The van der Waals surface area contributed by atoms with Gasteiger partial charge in [-0.1, -0.05) is 35.3 Å². The number of hydrogen-bond donors (Lipinski definition) is 0. The molecule has 0 aliphatic rings. The van der Waals surface area contributed by atoms with E-state index >= 15 is 0 Å². The van der Waals surface area contributed by atoms with E-state index in [2.05, 4.69) is 15.4 Å². The lowest BCUT2D eigenvalue weighted by molar-refractivity contribution is 0.0961. The first-order valence-corrected chi connectivity index (χ1v) is 7.20. The van der Waals surface area contributed by atoms with Gasteiger partial charge in [0.05, 0.1) is 5.02 Å². The molecule has 0 radical (unpaired) electrons. The van der Waals surface area contributed by atoms with E-state index in [1.54, 1.807) is 36.4 Å². The standard InChI is InChI=1S/C15H10Cl2N4O/c16-11-7-5-10(6-8-11)14(22)9-21-19-15(18-20-21)12-3-1-2-4-13(12)17/h1-8H,9H2. The smallest absolute Gasteiger partial charge is 0.206 e. The minimum Gasteiger partial charge on any atom is -0.292 e. The Morgan fingerprint density at radius 1 is 1.05 bits per heavy atom. The van der Waals surface area contributed by atoms with Crippen molar-refractivity contribution in [1.29, 1.82) is 0 Å². The van der Waals surface area contributed by atoms with Crippen molar-refractivity contribution in [2.45, 2.75) is 6.54 Å².